The summed E-state index contributed by atoms with van der Waals surface area (Å²) in [5.41, 5.74) is 1.52. The SMILES string of the molecule is C/C=C(\C=C(C)C)C(=O)NC1CCC(=O)NC1=O. The van der Waals surface area contributed by atoms with Gasteiger partial charge < -0.3 is 5.32 Å². The standard InChI is InChI=1S/C13H18N2O3/c1-4-9(7-8(2)3)12(17)14-10-5-6-11(16)15-13(10)18/h4,7,10H,5-6H2,1-3H3,(H,14,17)(H,15,16,18)/b9-4+. The molecule has 0 aromatic heterocycles. The zero-order valence-electron chi connectivity index (χ0n) is 10.9. The first-order valence-corrected chi connectivity index (χ1v) is 5.89. The summed E-state index contributed by atoms with van der Waals surface area (Å²) >= 11 is 0. The van der Waals surface area contributed by atoms with Crippen LogP contribution in [0.4, 0.5) is 0 Å². The highest BCUT2D eigenvalue weighted by Crippen LogP contribution is 2.07. The number of piperidine rings is 1. The number of carbonyl (C=O) groups excluding carboxylic acids is 3. The molecule has 2 N–H and O–H groups in total. The van der Waals surface area contributed by atoms with E-state index < -0.39 is 11.9 Å². The van der Waals surface area contributed by atoms with Crippen molar-refractivity contribution in [3.05, 3.63) is 23.3 Å². The second-order valence-corrected chi connectivity index (χ2v) is 4.44. The minimum Gasteiger partial charge on any atom is -0.340 e. The van der Waals surface area contributed by atoms with Gasteiger partial charge in [0.2, 0.25) is 11.8 Å². The second-order valence-electron chi connectivity index (χ2n) is 4.44. The van der Waals surface area contributed by atoms with E-state index in [1.807, 2.05) is 13.8 Å². The molecule has 0 saturated carbocycles. The summed E-state index contributed by atoms with van der Waals surface area (Å²) in [7, 11) is 0. The molecule has 1 atom stereocenters. The van der Waals surface area contributed by atoms with E-state index in [0.29, 0.717) is 12.0 Å². The van der Waals surface area contributed by atoms with E-state index in [4.69, 9.17) is 0 Å². The third kappa shape index (κ3) is 3.84. The summed E-state index contributed by atoms with van der Waals surface area (Å²) in [5, 5.41) is 4.83. The number of rotatable bonds is 3. The van der Waals surface area contributed by atoms with Gasteiger partial charge in [0.25, 0.3) is 5.91 Å². The third-order valence-electron chi connectivity index (χ3n) is 2.56. The number of carbonyl (C=O) groups is 3. The van der Waals surface area contributed by atoms with Gasteiger partial charge in [0.05, 0.1) is 0 Å². The van der Waals surface area contributed by atoms with Crippen molar-refractivity contribution >= 4 is 17.7 Å². The molecule has 0 aromatic carbocycles. The Kier molecular flexibility index (Phi) is 4.83. The van der Waals surface area contributed by atoms with Crippen LogP contribution in [0.25, 0.3) is 0 Å². The van der Waals surface area contributed by atoms with Crippen LogP contribution >= 0.6 is 0 Å². The van der Waals surface area contributed by atoms with Crippen LogP contribution in [0, 0.1) is 0 Å². The minimum absolute atomic E-state index is 0.254. The number of imide groups is 1. The largest absolute Gasteiger partial charge is 0.340 e. The van der Waals surface area contributed by atoms with Crippen LogP contribution < -0.4 is 10.6 Å². The van der Waals surface area contributed by atoms with Gasteiger partial charge in [0, 0.05) is 12.0 Å². The molecule has 1 saturated heterocycles. The second kappa shape index (κ2) is 6.14. The fourth-order valence-corrected chi connectivity index (χ4v) is 1.66. The van der Waals surface area contributed by atoms with Crippen molar-refractivity contribution in [3.63, 3.8) is 0 Å². The Balaban J connectivity index is 2.67. The van der Waals surface area contributed by atoms with E-state index in [0.717, 1.165) is 5.57 Å². The molecule has 1 rings (SSSR count). The normalized spacial score (nSPS) is 20.2. The molecule has 0 spiro atoms. The Morgan fingerprint density at radius 3 is 2.56 bits per heavy atom. The van der Waals surface area contributed by atoms with E-state index in [1.165, 1.54) is 0 Å². The number of allylic oxidation sites excluding steroid dienone is 2. The van der Waals surface area contributed by atoms with Crippen LogP contribution in [-0.2, 0) is 14.4 Å². The van der Waals surface area contributed by atoms with Gasteiger partial charge >= 0.3 is 0 Å². The van der Waals surface area contributed by atoms with Crippen molar-refractivity contribution in [2.45, 2.75) is 39.7 Å². The lowest BCUT2D eigenvalue weighted by Crippen LogP contribution is -2.52. The van der Waals surface area contributed by atoms with E-state index in [1.54, 1.807) is 19.1 Å². The lowest BCUT2D eigenvalue weighted by molar-refractivity contribution is -0.136. The highest BCUT2D eigenvalue weighted by atomic mass is 16.2. The van der Waals surface area contributed by atoms with Crippen molar-refractivity contribution in [3.8, 4) is 0 Å². The van der Waals surface area contributed by atoms with Gasteiger partial charge in [-0.25, -0.2) is 0 Å². The first-order valence-electron chi connectivity index (χ1n) is 5.89. The summed E-state index contributed by atoms with van der Waals surface area (Å²) in [6.07, 6.45) is 4.04. The average Bonchev–Trinajstić information content (AvgIpc) is 2.29. The highest BCUT2D eigenvalue weighted by molar-refractivity contribution is 6.04. The fraction of sp³-hybridized carbons (Fsp3) is 0.462. The summed E-state index contributed by atoms with van der Waals surface area (Å²) in [5.74, 6) is -1.03. The summed E-state index contributed by atoms with van der Waals surface area (Å²) < 4.78 is 0. The predicted octanol–water partition coefficient (Wildman–Crippen LogP) is 0.820. The number of hydrogen-bond acceptors (Lipinski definition) is 3. The maximum atomic E-state index is 11.9. The molecule has 5 nitrogen and oxygen atoms in total. The van der Waals surface area contributed by atoms with Crippen LogP contribution in [0.3, 0.4) is 0 Å². The minimum atomic E-state index is -0.629. The predicted molar refractivity (Wildman–Crippen MR) is 67.5 cm³/mol. The zero-order chi connectivity index (χ0) is 13.7. The summed E-state index contributed by atoms with van der Waals surface area (Å²) in [4.78, 5) is 34.4. The van der Waals surface area contributed by atoms with Crippen molar-refractivity contribution < 1.29 is 14.4 Å². The van der Waals surface area contributed by atoms with E-state index in [2.05, 4.69) is 10.6 Å². The maximum absolute atomic E-state index is 11.9. The van der Waals surface area contributed by atoms with Gasteiger partial charge in [-0.2, -0.15) is 0 Å². The van der Waals surface area contributed by atoms with Gasteiger partial charge in [-0.3, -0.25) is 19.7 Å². The molecule has 1 aliphatic rings. The third-order valence-corrected chi connectivity index (χ3v) is 2.56. The molecular weight excluding hydrogens is 232 g/mol. The molecule has 18 heavy (non-hydrogen) atoms. The molecular formula is C13H18N2O3. The molecule has 0 aliphatic carbocycles. The van der Waals surface area contributed by atoms with Crippen LogP contribution in [0.15, 0.2) is 23.3 Å². The van der Waals surface area contributed by atoms with Crippen LogP contribution in [0.5, 0.6) is 0 Å². The molecule has 5 heteroatoms. The first kappa shape index (κ1) is 14.2. The van der Waals surface area contributed by atoms with E-state index in [-0.39, 0.29) is 18.2 Å². The lowest BCUT2D eigenvalue weighted by Gasteiger charge is -2.22. The van der Waals surface area contributed by atoms with Crippen LogP contribution in [0.2, 0.25) is 0 Å². The van der Waals surface area contributed by atoms with Gasteiger partial charge in [0.1, 0.15) is 6.04 Å². The molecule has 0 radical (unpaired) electrons. The van der Waals surface area contributed by atoms with Gasteiger partial charge in [-0.15, -0.1) is 0 Å². The van der Waals surface area contributed by atoms with E-state index >= 15 is 0 Å². The Bertz CT molecular complexity index is 432. The molecule has 98 valence electrons. The van der Waals surface area contributed by atoms with Crippen LogP contribution in [0.1, 0.15) is 33.6 Å². The van der Waals surface area contributed by atoms with Gasteiger partial charge in [-0.05, 0) is 27.2 Å². The molecule has 1 aliphatic heterocycles. The Morgan fingerprint density at radius 2 is 2.06 bits per heavy atom. The smallest absolute Gasteiger partial charge is 0.251 e. The van der Waals surface area contributed by atoms with Crippen molar-refractivity contribution in [2.75, 3.05) is 0 Å². The molecule has 0 aromatic rings. The van der Waals surface area contributed by atoms with Crippen molar-refractivity contribution in [1.29, 1.82) is 0 Å². The van der Waals surface area contributed by atoms with Crippen molar-refractivity contribution in [1.82, 2.24) is 10.6 Å². The number of nitrogens with one attached hydrogen (secondary N) is 2. The number of hydrogen-bond donors (Lipinski definition) is 2. The molecule has 1 heterocycles. The lowest BCUT2D eigenvalue weighted by atomic mass is 10.1. The van der Waals surface area contributed by atoms with Crippen molar-refractivity contribution in [2.24, 2.45) is 0 Å². The Labute approximate surface area is 106 Å². The van der Waals surface area contributed by atoms with E-state index in [9.17, 15) is 14.4 Å². The average molecular weight is 250 g/mol. The Morgan fingerprint density at radius 1 is 1.39 bits per heavy atom. The topological polar surface area (TPSA) is 75.3 Å². The monoisotopic (exact) mass is 250 g/mol. The summed E-state index contributed by atoms with van der Waals surface area (Å²) in [6.45, 7) is 5.55. The molecule has 0 bridgehead atoms. The summed E-state index contributed by atoms with van der Waals surface area (Å²) in [6, 6.07) is -0.629. The molecule has 3 amide bonds. The highest BCUT2D eigenvalue weighted by Gasteiger charge is 2.28. The Hall–Kier alpha value is -1.91. The van der Waals surface area contributed by atoms with Crippen LogP contribution in [-0.4, -0.2) is 23.8 Å². The fourth-order valence-electron chi connectivity index (χ4n) is 1.66. The number of amides is 3. The molecule has 1 fully saturated rings. The first-order chi connectivity index (χ1) is 8.43. The zero-order valence-corrected chi connectivity index (χ0v) is 10.9. The quantitative estimate of drug-likeness (QED) is 0.442. The van der Waals surface area contributed by atoms with Gasteiger partial charge in [-0.1, -0.05) is 17.7 Å². The molecule has 1 unspecified atom stereocenters. The van der Waals surface area contributed by atoms with Gasteiger partial charge in [0.15, 0.2) is 0 Å². The maximum Gasteiger partial charge on any atom is 0.251 e.